The van der Waals surface area contributed by atoms with Crippen LogP contribution in [0.15, 0.2) is 54.7 Å². The van der Waals surface area contributed by atoms with Gasteiger partial charge in [0.2, 0.25) is 0 Å². The van der Waals surface area contributed by atoms with Gasteiger partial charge >= 0.3 is 0 Å². The lowest BCUT2D eigenvalue weighted by atomic mass is 9.82. The van der Waals surface area contributed by atoms with Crippen LogP contribution >= 0.6 is 0 Å². The van der Waals surface area contributed by atoms with Gasteiger partial charge in [-0.3, -0.25) is 4.98 Å². The highest BCUT2D eigenvalue weighted by Gasteiger charge is 2.33. The Kier molecular flexibility index (Phi) is 3.45. The van der Waals surface area contributed by atoms with Gasteiger partial charge in [0, 0.05) is 11.8 Å². The molecule has 0 aliphatic heterocycles. The van der Waals surface area contributed by atoms with E-state index in [1.54, 1.807) is 18.2 Å². The van der Waals surface area contributed by atoms with Crippen molar-refractivity contribution in [3.05, 3.63) is 77.0 Å². The first-order chi connectivity index (χ1) is 11.6. The number of alkyl halides is 2. The molecule has 2 atom stereocenters. The SMILES string of the molecule is Cc1cnc(-c2ccc3c(c2)-c2ccccc2C(F)C3F)cc1C. The number of hydrogen-bond acceptors (Lipinski definition) is 1. The highest BCUT2D eigenvalue weighted by Crippen LogP contribution is 2.48. The van der Waals surface area contributed by atoms with Crippen LogP contribution in [0, 0.1) is 13.8 Å². The van der Waals surface area contributed by atoms with E-state index in [9.17, 15) is 8.78 Å². The maximum Gasteiger partial charge on any atom is 0.161 e. The molecule has 0 fully saturated rings. The molecule has 2 unspecified atom stereocenters. The third-order valence-electron chi connectivity index (χ3n) is 4.82. The number of aromatic nitrogens is 1. The molecule has 3 aromatic rings. The molecule has 1 nitrogen and oxygen atoms in total. The lowest BCUT2D eigenvalue weighted by Crippen LogP contribution is -2.11. The average molecular weight is 321 g/mol. The predicted octanol–water partition coefficient (Wildman–Crippen LogP) is 6.07. The van der Waals surface area contributed by atoms with Crippen LogP contribution in [0.1, 0.15) is 34.6 Å². The average Bonchev–Trinajstić information content (AvgIpc) is 2.61. The lowest BCUT2D eigenvalue weighted by Gasteiger charge is -2.26. The maximum absolute atomic E-state index is 14.5. The van der Waals surface area contributed by atoms with E-state index in [1.807, 2.05) is 50.4 Å². The third-order valence-corrected chi connectivity index (χ3v) is 4.82. The van der Waals surface area contributed by atoms with Crippen molar-refractivity contribution < 1.29 is 8.78 Å². The summed E-state index contributed by atoms with van der Waals surface area (Å²) in [5.41, 5.74) is 6.39. The second-order valence-corrected chi connectivity index (χ2v) is 6.35. The summed E-state index contributed by atoms with van der Waals surface area (Å²) in [6.45, 7) is 4.06. The molecule has 1 aromatic heterocycles. The normalized spacial score (nSPS) is 18.8. The van der Waals surface area contributed by atoms with Gasteiger partial charge in [0.1, 0.15) is 0 Å². The smallest absolute Gasteiger partial charge is 0.161 e. The Balaban J connectivity index is 1.91. The molecule has 1 aliphatic rings. The topological polar surface area (TPSA) is 12.9 Å². The van der Waals surface area contributed by atoms with E-state index in [0.29, 0.717) is 11.1 Å². The molecule has 4 rings (SSSR count). The zero-order chi connectivity index (χ0) is 16.8. The molecule has 0 amide bonds. The predicted molar refractivity (Wildman–Crippen MR) is 92.3 cm³/mol. The molecule has 2 aromatic carbocycles. The van der Waals surface area contributed by atoms with Gasteiger partial charge < -0.3 is 0 Å². The fourth-order valence-electron chi connectivity index (χ4n) is 3.27. The summed E-state index contributed by atoms with van der Waals surface area (Å²) < 4.78 is 28.9. The number of pyridine rings is 1. The van der Waals surface area contributed by atoms with Crippen molar-refractivity contribution in [3.63, 3.8) is 0 Å². The first-order valence-electron chi connectivity index (χ1n) is 8.01. The highest BCUT2D eigenvalue weighted by molar-refractivity contribution is 5.79. The molecule has 24 heavy (non-hydrogen) atoms. The Morgan fingerprint density at radius 2 is 1.50 bits per heavy atom. The van der Waals surface area contributed by atoms with Crippen LogP contribution in [0.3, 0.4) is 0 Å². The van der Waals surface area contributed by atoms with E-state index in [-0.39, 0.29) is 0 Å². The zero-order valence-corrected chi connectivity index (χ0v) is 13.6. The van der Waals surface area contributed by atoms with Crippen molar-refractivity contribution in [2.45, 2.75) is 26.2 Å². The minimum Gasteiger partial charge on any atom is -0.256 e. The van der Waals surface area contributed by atoms with Crippen LogP contribution in [0.25, 0.3) is 22.4 Å². The number of nitrogens with zero attached hydrogens (tertiary/aromatic N) is 1. The molecule has 0 saturated heterocycles. The standard InChI is InChI=1S/C21H17F2N/c1-12-9-19(24-11-13(12)2)14-7-8-17-18(10-14)15-5-3-4-6-16(15)20(22)21(17)23/h3-11,20-21H,1-2H3. The van der Waals surface area contributed by atoms with Crippen molar-refractivity contribution in [3.8, 4) is 22.4 Å². The quantitative estimate of drug-likeness (QED) is 0.530. The van der Waals surface area contributed by atoms with Gasteiger partial charge in [-0.05, 0) is 59.4 Å². The first-order valence-corrected chi connectivity index (χ1v) is 8.01. The molecule has 1 aliphatic carbocycles. The summed E-state index contributed by atoms with van der Waals surface area (Å²) in [6.07, 6.45) is -1.40. The summed E-state index contributed by atoms with van der Waals surface area (Å²) in [6, 6.07) is 14.6. The van der Waals surface area contributed by atoms with Crippen LogP contribution in [0.5, 0.6) is 0 Å². The fraction of sp³-hybridized carbons (Fsp3) is 0.190. The van der Waals surface area contributed by atoms with Crippen LogP contribution < -0.4 is 0 Å². The second-order valence-electron chi connectivity index (χ2n) is 6.35. The highest BCUT2D eigenvalue weighted by atomic mass is 19.2. The summed E-state index contributed by atoms with van der Waals surface area (Å²) in [7, 11) is 0. The molecular formula is C21H17F2N. The molecule has 0 bridgehead atoms. The summed E-state index contributed by atoms with van der Waals surface area (Å²) in [5, 5.41) is 0. The molecule has 0 N–H and O–H groups in total. The molecule has 0 radical (unpaired) electrons. The van der Waals surface area contributed by atoms with Gasteiger partial charge in [0.15, 0.2) is 12.3 Å². The van der Waals surface area contributed by atoms with Gasteiger partial charge in [0.05, 0.1) is 5.69 Å². The largest absolute Gasteiger partial charge is 0.256 e. The number of hydrogen-bond donors (Lipinski definition) is 0. The Labute approximate surface area is 140 Å². The maximum atomic E-state index is 14.5. The minimum atomic E-state index is -1.63. The number of fused-ring (bicyclic) bond motifs is 3. The van der Waals surface area contributed by atoms with Crippen LogP contribution in [0.4, 0.5) is 8.78 Å². The summed E-state index contributed by atoms with van der Waals surface area (Å²) >= 11 is 0. The van der Waals surface area contributed by atoms with Crippen LogP contribution in [-0.4, -0.2) is 4.98 Å². The van der Waals surface area contributed by atoms with Crippen molar-refractivity contribution in [2.75, 3.05) is 0 Å². The minimum absolute atomic E-state index is 0.411. The van der Waals surface area contributed by atoms with Gasteiger partial charge in [-0.1, -0.05) is 36.4 Å². The summed E-state index contributed by atoms with van der Waals surface area (Å²) in [5.74, 6) is 0. The van der Waals surface area contributed by atoms with E-state index in [2.05, 4.69) is 4.98 Å². The Morgan fingerprint density at radius 1 is 0.792 bits per heavy atom. The van der Waals surface area contributed by atoms with Crippen molar-refractivity contribution in [1.82, 2.24) is 4.98 Å². The van der Waals surface area contributed by atoms with Crippen molar-refractivity contribution in [1.29, 1.82) is 0 Å². The molecule has 3 heteroatoms. The van der Waals surface area contributed by atoms with Gasteiger partial charge in [-0.2, -0.15) is 0 Å². The van der Waals surface area contributed by atoms with Crippen LogP contribution in [-0.2, 0) is 0 Å². The number of rotatable bonds is 1. The van der Waals surface area contributed by atoms with Gasteiger partial charge in [0.25, 0.3) is 0 Å². The molecule has 0 saturated carbocycles. The lowest BCUT2D eigenvalue weighted by molar-refractivity contribution is 0.168. The number of aryl methyl sites for hydroxylation is 2. The van der Waals surface area contributed by atoms with E-state index >= 15 is 0 Å². The monoisotopic (exact) mass is 321 g/mol. The van der Waals surface area contributed by atoms with Crippen molar-refractivity contribution >= 4 is 0 Å². The van der Waals surface area contributed by atoms with Gasteiger partial charge in [-0.15, -0.1) is 0 Å². The first kappa shape index (κ1) is 15.0. The molecule has 0 spiro atoms. The number of halogens is 2. The molecule has 120 valence electrons. The zero-order valence-electron chi connectivity index (χ0n) is 13.6. The Bertz CT molecular complexity index is 933. The van der Waals surface area contributed by atoms with Crippen molar-refractivity contribution in [2.24, 2.45) is 0 Å². The third kappa shape index (κ3) is 2.23. The Morgan fingerprint density at radius 3 is 2.25 bits per heavy atom. The van der Waals surface area contributed by atoms with E-state index in [0.717, 1.165) is 33.5 Å². The second kappa shape index (κ2) is 5.52. The Hall–Kier alpha value is -2.55. The fourth-order valence-corrected chi connectivity index (χ4v) is 3.27. The summed E-state index contributed by atoms with van der Waals surface area (Å²) in [4.78, 5) is 4.48. The van der Waals surface area contributed by atoms with E-state index in [1.165, 1.54) is 0 Å². The van der Waals surface area contributed by atoms with E-state index < -0.39 is 12.3 Å². The number of benzene rings is 2. The van der Waals surface area contributed by atoms with Gasteiger partial charge in [-0.25, -0.2) is 8.78 Å². The van der Waals surface area contributed by atoms with Crippen LogP contribution in [0.2, 0.25) is 0 Å². The molecular weight excluding hydrogens is 304 g/mol. The molecule has 1 heterocycles. The van der Waals surface area contributed by atoms with E-state index in [4.69, 9.17) is 0 Å².